The van der Waals surface area contributed by atoms with E-state index >= 15 is 0 Å². The van der Waals surface area contributed by atoms with E-state index in [-0.39, 0.29) is 0 Å². The molecule has 0 bridgehead atoms. The van der Waals surface area contributed by atoms with Crippen molar-refractivity contribution < 1.29 is 0 Å². The molecule has 0 radical (unpaired) electrons. The molecular formula is C19H16N4. The van der Waals surface area contributed by atoms with Crippen molar-refractivity contribution >= 4 is 16.7 Å². The molecule has 0 spiro atoms. The average Bonchev–Trinajstić information content (AvgIpc) is 3.05. The zero-order valence-corrected chi connectivity index (χ0v) is 12.6. The zero-order chi connectivity index (χ0) is 15.5. The van der Waals surface area contributed by atoms with Gasteiger partial charge in [-0.05, 0) is 17.7 Å². The lowest BCUT2D eigenvalue weighted by Crippen LogP contribution is -2.29. The van der Waals surface area contributed by atoms with E-state index < -0.39 is 0 Å². The third kappa shape index (κ3) is 2.66. The van der Waals surface area contributed by atoms with Crippen LogP contribution in [0.25, 0.3) is 10.9 Å². The lowest BCUT2D eigenvalue weighted by atomic mass is 10.2. The smallest absolute Gasteiger partial charge is 0.151 e. The molecule has 0 atom stereocenters. The Morgan fingerprint density at radius 1 is 0.870 bits per heavy atom. The highest BCUT2D eigenvalue weighted by molar-refractivity contribution is 5.80. The van der Waals surface area contributed by atoms with Crippen LogP contribution >= 0.6 is 0 Å². The highest BCUT2D eigenvalue weighted by Gasteiger charge is 2.13. The van der Waals surface area contributed by atoms with Gasteiger partial charge >= 0.3 is 0 Å². The third-order valence-corrected chi connectivity index (χ3v) is 3.84. The molecule has 0 aliphatic rings. The van der Waals surface area contributed by atoms with Crippen LogP contribution in [-0.4, -0.2) is 14.6 Å². The van der Waals surface area contributed by atoms with Crippen LogP contribution in [0.2, 0.25) is 0 Å². The Balaban J connectivity index is 1.82. The monoisotopic (exact) mass is 300 g/mol. The Hall–Kier alpha value is -3.14. The van der Waals surface area contributed by atoms with E-state index in [1.807, 2.05) is 12.1 Å². The zero-order valence-electron chi connectivity index (χ0n) is 12.6. The van der Waals surface area contributed by atoms with Crippen molar-refractivity contribution in [2.24, 2.45) is 0 Å². The lowest BCUT2D eigenvalue weighted by molar-refractivity contribution is 0.699. The summed E-state index contributed by atoms with van der Waals surface area (Å²) in [6, 6.07) is 22.8. The second-order valence-corrected chi connectivity index (χ2v) is 5.33. The Morgan fingerprint density at radius 3 is 2.52 bits per heavy atom. The van der Waals surface area contributed by atoms with Crippen LogP contribution in [0.15, 0.2) is 85.5 Å². The molecule has 0 N–H and O–H groups in total. The van der Waals surface area contributed by atoms with E-state index in [0.29, 0.717) is 0 Å². The molecule has 2 aromatic carbocycles. The van der Waals surface area contributed by atoms with E-state index in [9.17, 15) is 0 Å². The largest absolute Gasteiger partial charge is 0.259 e. The first-order valence-corrected chi connectivity index (χ1v) is 7.56. The molecule has 2 aromatic heterocycles. The molecule has 23 heavy (non-hydrogen) atoms. The summed E-state index contributed by atoms with van der Waals surface area (Å²) in [5.41, 5.74) is 2.38. The first kappa shape index (κ1) is 13.5. The van der Waals surface area contributed by atoms with Gasteiger partial charge in [0.05, 0.1) is 12.1 Å². The second kappa shape index (κ2) is 5.93. The molecule has 4 heteroatoms. The molecule has 4 nitrogen and oxygen atoms in total. The van der Waals surface area contributed by atoms with Gasteiger partial charge < -0.3 is 0 Å². The molecule has 0 unspecified atom stereocenters. The highest BCUT2D eigenvalue weighted by atomic mass is 15.6. The summed E-state index contributed by atoms with van der Waals surface area (Å²) in [6.07, 6.45) is 5.43. The van der Waals surface area contributed by atoms with Crippen molar-refractivity contribution in [1.29, 1.82) is 0 Å². The molecule has 0 aliphatic heterocycles. The minimum absolute atomic E-state index is 0.733. The highest BCUT2D eigenvalue weighted by Crippen LogP contribution is 2.21. The van der Waals surface area contributed by atoms with Crippen molar-refractivity contribution in [2.45, 2.75) is 6.54 Å². The standard InChI is InChI=1S/C19H16N4/c1-2-6-16(7-3-1)14-23(19-10-12-20-15-21-19)22-13-11-17-8-4-5-9-18(17)22/h1-13,15H,14H2. The minimum Gasteiger partial charge on any atom is -0.259 e. The van der Waals surface area contributed by atoms with Gasteiger partial charge in [0.25, 0.3) is 0 Å². The van der Waals surface area contributed by atoms with Gasteiger partial charge in [0.1, 0.15) is 6.33 Å². The number of nitrogens with zero attached hydrogens (tertiary/aromatic N) is 4. The van der Waals surface area contributed by atoms with Crippen molar-refractivity contribution in [3.05, 3.63) is 91.0 Å². The molecule has 4 rings (SSSR count). The van der Waals surface area contributed by atoms with Gasteiger partial charge in [-0.2, -0.15) is 0 Å². The molecule has 0 saturated carbocycles. The fourth-order valence-corrected chi connectivity index (χ4v) is 2.74. The van der Waals surface area contributed by atoms with E-state index in [4.69, 9.17) is 0 Å². The summed E-state index contributed by atoms with van der Waals surface area (Å²) >= 11 is 0. The normalized spacial score (nSPS) is 10.8. The summed E-state index contributed by atoms with van der Waals surface area (Å²) in [4.78, 5) is 8.46. The molecule has 2 heterocycles. The predicted octanol–water partition coefficient (Wildman–Crippen LogP) is 3.90. The molecular weight excluding hydrogens is 284 g/mol. The van der Waals surface area contributed by atoms with Gasteiger partial charge in [0.15, 0.2) is 5.82 Å². The number of aromatic nitrogens is 3. The van der Waals surface area contributed by atoms with Crippen LogP contribution in [-0.2, 0) is 6.54 Å². The SMILES string of the molecule is c1ccc(CN(c2ccncn2)n2ccc3ccccc32)cc1. The quantitative estimate of drug-likeness (QED) is 0.573. The number of hydrogen-bond donors (Lipinski definition) is 0. The van der Waals surface area contributed by atoms with Crippen molar-refractivity contribution in [3.8, 4) is 0 Å². The summed E-state index contributed by atoms with van der Waals surface area (Å²) in [6.45, 7) is 0.733. The van der Waals surface area contributed by atoms with Crippen LogP contribution in [0, 0.1) is 0 Å². The van der Waals surface area contributed by atoms with Crippen LogP contribution in [0.5, 0.6) is 0 Å². The maximum atomic E-state index is 4.43. The van der Waals surface area contributed by atoms with Gasteiger partial charge in [-0.3, -0.25) is 9.69 Å². The van der Waals surface area contributed by atoms with Gasteiger partial charge in [-0.15, -0.1) is 0 Å². The van der Waals surface area contributed by atoms with Gasteiger partial charge in [-0.1, -0.05) is 48.5 Å². The lowest BCUT2D eigenvalue weighted by Gasteiger charge is -2.26. The van der Waals surface area contributed by atoms with Gasteiger partial charge in [-0.25, -0.2) is 9.97 Å². The fourth-order valence-electron chi connectivity index (χ4n) is 2.74. The molecule has 112 valence electrons. The van der Waals surface area contributed by atoms with E-state index in [1.54, 1.807) is 12.5 Å². The van der Waals surface area contributed by atoms with Crippen molar-refractivity contribution in [1.82, 2.24) is 14.6 Å². The van der Waals surface area contributed by atoms with Crippen LogP contribution in [0.4, 0.5) is 5.82 Å². The van der Waals surface area contributed by atoms with Gasteiger partial charge in [0.2, 0.25) is 0 Å². The Kier molecular flexibility index (Phi) is 3.48. The first-order valence-electron chi connectivity index (χ1n) is 7.56. The summed E-state index contributed by atoms with van der Waals surface area (Å²) in [5, 5.41) is 3.36. The number of para-hydroxylation sites is 1. The predicted molar refractivity (Wildman–Crippen MR) is 92.0 cm³/mol. The van der Waals surface area contributed by atoms with Crippen molar-refractivity contribution in [3.63, 3.8) is 0 Å². The number of rotatable bonds is 4. The Bertz CT molecular complexity index is 900. The van der Waals surface area contributed by atoms with E-state index in [2.05, 4.69) is 80.4 Å². The molecule has 0 amide bonds. The summed E-state index contributed by atoms with van der Waals surface area (Å²) in [5.74, 6) is 0.866. The third-order valence-electron chi connectivity index (χ3n) is 3.84. The van der Waals surface area contributed by atoms with E-state index in [1.165, 1.54) is 10.9 Å². The molecule has 0 saturated heterocycles. The molecule has 4 aromatic rings. The molecule has 0 aliphatic carbocycles. The second-order valence-electron chi connectivity index (χ2n) is 5.33. The van der Waals surface area contributed by atoms with E-state index in [0.717, 1.165) is 17.9 Å². The maximum Gasteiger partial charge on any atom is 0.151 e. The Labute approximate surface area is 134 Å². The minimum atomic E-state index is 0.733. The Morgan fingerprint density at radius 2 is 1.70 bits per heavy atom. The van der Waals surface area contributed by atoms with Crippen LogP contribution in [0.1, 0.15) is 5.56 Å². The number of hydrogen-bond acceptors (Lipinski definition) is 3. The van der Waals surface area contributed by atoms with Gasteiger partial charge in [0, 0.05) is 23.8 Å². The maximum absolute atomic E-state index is 4.43. The van der Waals surface area contributed by atoms with Crippen LogP contribution in [0.3, 0.4) is 0 Å². The van der Waals surface area contributed by atoms with Crippen LogP contribution < -0.4 is 5.01 Å². The number of anilines is 1. The number of benzene rings is 2. The average molecular weight is 300 g/mol. The molecule has 0 fully saturated rings. The number of fused-ring (bicyclic) bond motifs is 1. The first-order chi connectivity index (χ1) is 11.4. The fraction of sp³-hybridized carbons (Fsp3) is 0.0526. The topological polar surface area (TPSA) is 34.0 Å². The van der Waals surface area contributed by atoms with Crippen molar-refractivity contribution in [2.75, 3.05) is 5.01 Å². The summed E-state index contributed by atoms with van der Waals surface area (Å²) in [7, 11) is 0. The summed E-state index contributed by atoms with van der Waals surface area (Å²) < 4.78 is 2.14.